The highest BCUT2D eigenvalue weighted by Crippen LogP contribution is 2.22. The van der Waals surface area contributed by atoms with E-state index in [9.17, 15) is 14.0 Å². The molecule has 1 amide bonds. The zero-order chi connectivity index (χ0) is 13.3. The number of carbonyl (C=O) groups excluding carboxylic acids is 2. The molecule has 1 aromatic heterocycles. The van der Waals surface area contributed by atoms with Crippen molar-refractivity contribution in [2.75, 3.05) is 7.11 Å². The average Bonchev–Trinajstić information content (AvgIpc) is 2.36. The highest BCUT2D eigenvalue weighted by Gasteiger charge is 2.18. The van der Waals surface area contributed by atoms with Gasteiger partial charge in [-0.05, 0) is 18.2 Å². The maximum atomic E-state index is 13.7. The zero-order valence-electron chi connectivity index (χ0n) is 9.44. The van der Waals surface area contributed by atoms with Crippen molar-refractivity contribution in [3.8, 4) is 0 Å². The topological polar surface area (TPSA) is 82.3 Å². The van der Waals surface area contributed by atoms with E-state index in [-0.39, 0.29) is 22.2 Å². The molecular formula is C12H9FN2O3. The van der Waals surface area contributed by atoms with Gasteiger partial charge < -0.3 is 10.5 Å². The molecule has 0 unspecified atom stereocenters. The Morgan fingerprint density at radius 1 is 1.39 bits per heavy atom. The lowest BCUT2D eigenvalue weighted by Gasteiger charge is -2.07. The van der Waals surface area contributed by atoms with E-state index in [4.69, 9.17) is 5.73 Å². The second-order valence-electron chi connectivity index (χ2n) is 3.54. The Bertz CT molecular complexity index is 655. The fraction of sp³-hybridized carbons (Fsp3) is 0.0833. The molecule has 18 heavy (non-hydrogen) atoms. The van der Waals surface area contributed by atoms with E-state index in [0.29, 0.717) is 0 Å². The molecule has 0 fully saturated rings. The SMILES string of the molecule is COC(=O)c1cc(C(N)=O)nc2cccc(F)c12. The number of pyridine rings is 1. The van der Waals surface area contributed by atoms with Gasteiger partial charge in [0.1, 0.15) is 11.5 Å². The summed E-state index contributed by atoms with van der Waals surface area (Å²) in [4.78, 5) is 26.6. The number of primary amides is 1. The smallest absolute Gasteiger partial charge is 0.338 e. The molecule has 2 aromatic rings. The van der Waals surface area contributed by atoms with Crippen LogP contribution in [0.1, 0.15) is 20.8 Å². The molecule has 0 aliphatic heterocycles. The lowest BCUT2D eigenvalue weighted by atomic mass is 10.1. The predicted octanol–water partition coefficient (Wildman–Crippen LogP) is 1.26. The Hall–Kier alpha value is -2.50. The van der Waals surface area contributed by atoms with Gasteiger partial charge in [-0.25, -0.2) is 14.2 Å². The molecule has 6 heteroatoms. The van der Waals surface area contributed by atoms with Crippen molar-refractivity contribution in [2.24, 2.45) is 5.73 Å². The van der Waals surface area contributed by atoms with Crippen LogP contribution >= 0.6 is 0 Å². The fourth-order valence-electron chi connectivity index (χ4n) is 1.64. The van der Waals surface area contributed by atoms with E-state index in [1.165, 1.54) is 25.3 Å². The molecule has 0 saturated carbocycles. The van der Waals surface area contributed by atoms with E-state index < -0.39 is 17.7 Å². The molecule has 0 aliphatic carbocycles. The van der Waals surface area contributed by atoms with Crippen molar-refractivity contribution in [3.05, 3.63) is 41.3 Å². The fourth-order valence-corrected chi connectivity index (χ4v) is 1.64. The first-order valence-electron chi connectivity index (χ1n) is 5.02. The highest BCUT2D eigenvalue weighted by atomic mass is 19.1. The van der Waals surface area contributed by atoms with E-state index >= 15 is 0 Å². The Morgan fingerprint density at radius 2 is 2.11 bits per heavy atom. The molecule has 1 heterocycles. The standard InChI is InChI=1S/C12H9FN2O3/c1-18-12(17)6-5-9(11(14)16)15-8-4-2-3-7(13)10(6)8/h2-5H,1H3,(H2,14,16). The van der Waals surface area contributed by atoms with Gasteiger partial charge in [0, 0.05) is 0 Å². The number of amides is 1. The first kappa shape index (κ1) is 12.0. The number of rotatable bonds is 2. The number of esters is 1. The van der Waals surface area contributed by atoms with Crippen molar-refractivity contribution in [1.82, 2.24) is 4.98 Å². The van der Waals surface area contributed by atoms with Crippen LogP contribution in [0.5, 0.6) is 0 Å². The third kappa shape index (κ3) is 1.88. The summed E-state index contributed by atoms with van der Waals surface area (Å²) in [5.74, 6) is -2.17. The number of carbonyl (C=O) groups is 2. The van der Waals surface area contributed by atoms with Crippen LogP contribution in [0.25, 0.3) is 10.9 Å². The Labute approximate surface area is 101 Å². The van der Waals surface area contributed by atoms with Gasteiger partial charge in [0.05, 0.1) is 23.6 Å². The summed E-state index contributed by atoms with van der Waals surface area (Å²) >= 11 is 0. The van der Waals surface area contributed by atoms with Crippen LogP contribution in [0.2, 0.25) is 0 Å². The molecule has 0 bridgehead atoms. The molecule has 0 aliphatic rings. The van der Waals surface area contributed by atoms with Gasteiger partial charge in [0.2, 0.25) is 0 Å². The largest absolute Gasteiger partial charge is 0.465 e. The molecule has 92 valence electrons. The number of methoxy groups -OCH3 is 1. The number of fused-ring (bicyclic) bond motifs is 1. The van der Waals surface area contributed by atoms with Gasteiger partial charge in [-0.3, -0.25) is 4.79 Å². The van der Waals surface area contributed by atoms with Crippen molar-refractivity contribution >= 4 is 22.8 Å². The predicted molar refractivity (Wildman–Crippen MR) is 61.6 cm³/mol. The Kier molecular flexibility index (Phi) is 2.93. The van der Waals surface area contributed by atoms with Crippen LogP contribution in [0, 0.1) is 5.82 Å². The zero-order valence-corrected chi connectivity index (χ0v) is 9.44. The van der Waals surface area contributed by atoms with Crippen LogP contribution in [0.4, 0.5) is 4.39 Å². The van der Waals surface area contributed by atoms with E-state index in [2.05, 4.69) is 9.72 Å². The Morgan fingerprint density at radius 3 is 2.72 bits per heavy atom. The number of hydrogen-bond donors (Lipinski definition) is 1. The van der Waals surface area contributed by atoms with Gasteiger partial charge >= 0.3 is 5.97 Å². The number of aromatic nitrogens is 1. The minimum absolute atomic E-state index is 0.00866. The molecule has 0 saturated heterocycles. The summed E-state index contributed by atoms with van der Waals surface area (Å²) in [6.07, 6.45) is 0. The third-order valence-electron chi connectivity index (χ3n) is 2.44. The molecule has 1 aromatic carbocycles. The van der Waals surface area contributed by atoms with Crippen LogP contribution < -0.4 is 5.73 Å². The molecule has 0 spiro atoms. The van der Waals surface area contributed by atoms with E-state index in [0.717, 1.165) is 6.07 Å². The van der Waals surface area contributed by atoms with Crippen molar-refractivity contribution in [1.29, 1.82) is 0 Å². The lowest BCUT2D eigenvalue weighted by Crippen LogP contribution is -2.15. The quantitative estimate of drug-likeness (QED) is 0.811. The third-order valence-corrected chi connectivity index (χ3v) is 2.44. The summed E-state index contributed by atoms with van der Waals surface area (Å²) in [5, 5.41) is 0.00866. The van der Waals surface area contributed by atoms with Crippen molar-refractivity contribution in [3.63, 3.8) is 0 Å². The maximum absolute atomic E-state index is 13.7. The van der Waals surface area contributed by atoms with E-state index in [1.807, 2.05) is 0 Å². The molecular weight excluding hydrogens is 239 g/mol. The first-order chi connectivity index (χ1) is 8.54. The summed E-state index contributed by atoms with van der Waals surface area (Å²) in [6.45, 7) is 0. The highest BCUT2D eigenvalue weighted by molar-refractivity contribution is 6.06. The van der Waals surface area contributed by atoms with Crippen LogP contribution in [0.15, 0.2) is 24.3 Å². The minimum Gasteiger partial charge on any atom is -0.465 e. The van der Waals surface area contributed by atoms with Gasteiger partial charge in [-0.2, -0.15) is 0 Å². The second-order valence-corrected chi connectivity index (χ2v) is 3.54. The molecule has 2 N–H and O–H groups in total. The number of ether oxygens (including phenoxy) is 1. The molecule has 2 rings (SSSR count). The van der Waals surface area contributed by atoms with Crippen LogP contribution in [-0.4, -0.2) is 24.0 Å². The average molecular weight is 248 g/mol. The van der Waals surface area contributed by atoms with Gasteiger partial charge in [-0.1, -0.05) is 6.07 Å². The monoisotopic (exact) mass is 248 g/mol. The number of benzene rings is 1. The molecule has 0 atom stereocenters. The summed E-state index contributed by atoms with van der Waals surface area (Å²) in [5.41, 5.74) is 5.09. The minimum atomic E-state index is -0.800. The first-order valence-corrected chi connectivity index (χ1v) is 5.02. The molecule has 5 nitrogen and oxygen atoms in total. The maximum Gasteiger partial charge on any atom is 0.338 e. The van der Waals surface area contributed by atoms with Crippen LogP contribution in [-0.2, 0) is 4.74 Å². The van der Waals surface area contributed by atoms with Gasteiger partial charge in [-0.15, -0.1) is 0 Å². The van der Waals surface area contributed by atoms with Gasteiger partial charge in [0.25, 0.3) is 5.91 Å². The second kappa shape index (κ2) is 4.40. The lowest BCUT2D eigenvalue weighted by molar-refractivity contribution is 0.0602. The van der Waals surface area contributed by atoms with Gasteiger partial charge in [0.15, 0.2) is 0 Å². The molecule has 0 radical (unpaired) electrons. The van der Waals surface area contributed by atoms with Crippen LogP contribution in [0.3, 0.4) is 0 Å². The van der Waals surface area contributed by atoms with Crippen molar-refractivity contribution in [2.45, 2.75) is 0 Å². The van der Waals surface area contributed by atoms with Crippen molar-refractivity contribution < 1.29 is 18.7 Å². The number of nitrogens with zero attached hydrogens (tertiary/aromatic N) is 1. The summed E-state index contributed by atoms with van der Waals surface area (Å²) in [6, 6.07) is 5.23. The van der Waals surface area contributed by atoms with E-state index in [1.54, 1.807) is 0 Å². The summed E-state index contributed by atoms with van der Waals surface area (Å²) in [7, 11) is 1.17. The summed E-state index contributed by atoms with van der Waals surface area (Å²) < 4.78 is 18.3. The number of hydrogen-bond acceptors (Lipinski definition) is 4. The normalized spacial score (nSPS) is 10.3. The number of nitrogens with two attached hydrogens (primary N) is 1. The Balaban J connectivity index is 2.86. The number of halogens is 1.